The Bertz CT molecular complexity index is 717. The van der Waals surface area contributed by atoms with E-state index in [1.54, 1.807) is 30.5 Å². The zero-order valence-corrected chi connectivity index (χ0v) is 12.7. The highest BCUT2D eigenvalue weighted by Gasteiger charge is 2.21. The molecule has 0 atom stereocenters. The highest BCUT2D eigenvalue weighted by molar-refractivity contribution is 5.95. The second-order valence-electron chi connectivity index (χ2n) is 5.79. The van der Waals surface area contributed by atoms with Crippen LogP contribution in [0.2, 0.25) is 0 Å². The molecule has 23 heavy (non-hydrogen) atoms. The highest BCUT2D eigenvalue weighted by Crippen LogP contribution is 2.31. The SMILES string of the molecule is O=C(Cc1ccccc1C(=O)O)Nc1ccnn1C1CCCC1. The second kappa shape index (κ2) is 6.64. The number of rotatable bonds is 5. The lowest BCUT2D eigenvalue weighted by atomic mass is 10.0. The lowest BCUT2D eigenvalue weighted by Crippen LogP contribution is -2.20. The maximum Gasteiger partial charge on any atom is 0.335 e. The van der Waals surface area contributed by atoms with Gasteiger partial charge in [0.25, 0.3) is 0 Å². The number of carboxylic acid groups (broad SMARTS) is 1. The fourth-order valence-corrected chi connectivity index (χ4v) is 3.10. The summed E-state index contributed by atoms with van der Waals surface area (Å²) in [7, 11) is 0. The van der Waals surface area contributed by atoms with Crippen molar-refractivity contribution in [2.45, 2.75) is 38.1 Å². The number of nitrogens with one attached hydrogen (secondary N) is 1. The van der Waals surface area contributed by atoms with E-state index in [1.165, 1.54) is 18.9 Å². The molecule has 1 amide bonds. The van der Waals surface area contributed by atoms with Gasteiger partial charge in [0.15, 0.2) is 0 Å². The van der Waals surface area contributed by atoms with Crippen LogP contribution in [0.25, 0.3) is 0 Å². The van der Waals surface area contributed by atoms with Gasteiger partial charge < -0.3 is 10.4 Å². The molecule has 1 aromatic carbocycles. The third-order valence-electron chi connectivity index (χ3n) is 4.21. The maximum atomic E-state index is 12.3. The van der Waals surface area contributed by atoms with E-state index in [0.29, 0.717) is 17.4 Å². The van der Waals surface area contributed by atoms with Gasteiger partial charge in [0.2, 0.25) is 5.91 Å². The minimum Gasteiger partial charge on any atom is -0.478 e. The predicted molar refractivity (Wildman–Crippen MR) is 85.5 cm³/mol. The fraction of sp³-hybridized carbons (Fsp3) is 0.353. The van der Waals surface area contributed by atoms with Gasteiger partial charge in [-0.3, -0.25) is 4.79 Å². The molecular formula is C17H19N3O3. The van der Waals surface area contributed by atoms with E-state index in [4.69, 9.17) is 0 Å². The van der Waals surface area contributed by atoms with Crippen molar-refractivity contribution in [2.75, 3.05) is 5.32 Å². The lowest BCUT2D eigenvalue weighted by molar-refractivity contribution is -0.115. The first kappa shape index (κ1) is 15.3. The van der Waals surface area contributed by atoms with E-state index in [-0.39, 0.29) is 17.9 Å². The molecule has 1 heterocycles. The van der Waals surface area contributed by atoms with Crippen LogP contribution in [0.3, 0.4) is 0 Å². The van der Waals surface area contributed by atoms with Gasteiger partial charge in [-0.1, -0.05) is 31.0 Å². The average Bonchev–Trinajstić information content (AvgIpc) is 3.18. The predicted octanol–water partition coefficient (Wildman–Crippen LogP) is 2.88. The molecule has 3 rings (SSSR count). The van der Waals surface area contributed by atoms with Crippen LogP contribution >= 0.6 is 0 Å². The van der Waals surface area contributed by atoms with E-state index in [9.17, 15) is 14.7 Å². The molecule has 120 valence electrons. The van der Waals surface area contributed by atoms with Crippen LogP contribution in [0.5, 0.6) is 0 Å². The highest BCUT2D eigenvalue weighted by atomic mass is 16.4. The van der Waals surface area contributed by atoms with Crippen molar-refractivity contribution < 1.29 is 14.7 Å². The Morgan fingerprint density at radius 2 is 1.96 bits per heavy atom. The van der Waals surface area contributed by atoms with Gasteiger partial charge in [0.05, 0.1) is 24.2 Å². The van der Waals surface area contributed by atoms with Crippen molar-refractivity contribution in [1.82, 2.24) is 9.78 Å². The molecule has 6 nitrogen and oxygen atoms in total. The van der Waals surface area contributed by atoms with Gasteiger partial charge in [-0.05, 0) is 24.5 Å². The van der Waals surface area contributed by atoms with Crippen LogP contribution in [0, 0.1) is 0 Å². The first-order chi connectivity index (χ1) is 11.1. The van der Waals surface area contributed by atoms with Gasteiger partial charge in [0, 0.05) is 6.07 Å². The summed E-state index contributed by atoms with van der Waals surface area (Å²) in [5.41, 5.74) is 0.663. The molecule has 1 saturated carbocycles. The summed E-state index contributed by atoms with van der Waals surface area (Å²) in [6.07, 6.45) is 6.23. The molecule has 0 bridgehead atoms. The van der Waals surface area contributed by atoms with Crippen molar-refractivity contribution >= 4 is 17.7 Å². The maximum absolute atomic E-state index is 12.3. The van der Waals surface area contributed by atoms with Crippen molar-refractivity contribution in [1.29, 1.82) is 0 Å². The van der Waals surface area contributed by atoms with E-state index in [2.05, 4.69) is 10.4 Å². The fourth-order valence-electron chi connectivity index (χ4n) is 3.10. The van der Waals surface area contributed by atoms with Gasteiger partial charge in [-0.15, -0.1) is 0 Å². The molecule has 1 fully saturated rings. The molecule has 0 aliphatic heterocycles. The number of nitrogens with zero attached hydrogens (tertiary/aromatic N) is 2. The van der Waals surface area contributed by atoms with E-state index < -0.39 is 5.97 Å². The molecule has 0 unspecified atom stereocenters. The number of carboxylic acids is 1. The Hall–Kier alpha value is -2.63. The molecule has 2 aromatic rings. The molecule has 2 N–H and O–H groups in total. The van der Waals surface area contributed by atoms with Crippen LogP contribution in [-0.2, 0) is 11.2 Å². The summed E-state index contributed by atoms with van der Waals surface area (Å²) >= 11 is 0. The Morgan fingerprint density at radius 1 is 1.22 bits per heavy atom. The number of hydrogen-bond donors (Lipinski definition) is 2. The quantitative estimate of drug-likeness (QED) is 0.889. The molecule has 0 radical (unpaired) electrons. The van der Waals surface area contributed by atoms with Crippen molar-refractivity contribution in [3.63, 3.8) is 0 Å². The molecule has 6 heteroatoms. The molecular weight excluding hydrogens is 294 g/mol. The molecule has 0 spiro atoms. The average molecular weight is 313 g/mol. The normalized spacial score (nSPS) is 14.8. The Labute approximate surface area is 134 Å². The first-order valence-electron chi connectivity index (χ1n) is 7.79. The molecule has 1 aromatic heterocycles. The number of amides is 1. The number of aromatic nitrogens is 2. The number of carbonyl (C=O) groups is 2. The van der Waals surface area contributed by atoms with Gasteiger partial charge >= 0.3 is 5.97 Å². The Balaban J connectivity index is 1.71. The molecule has 1 aliphatic rings. The third-order valence-corrected chi connectivity index (χ3v) is 4.21. The summed E-state index contributed by atoms with van der Waals surface area (Å²) in [5.74, 6) is -0.586. The summed E-state index contributed by atoms with van der Waals surface area (Å²) in [6, 6.07) is 8.67. The second-order valence-corrected chi connectivity index (χ2v) is 5.79. The first-order valence-corrected chi connectivity index (χ1v) is 7.79. The van der Waals surface area contributed by atoms with Gasteiger partial charge in [-0.2, -0.15) is 5.10 Å². The van der Waals surface area contributed by atoms with Crippen LogP contribution < -0.4 is 5.32 Å². The van der Waals surface area contributed by atoms with Crippen molar-refractivity contribution in [3.05, 3.63) is 47.7 Å². The van der Waals surface area contributed by atoms with E-state index in [1.807, 2.05) is 4.68 Å². The van der Waals surface area contributed by atoms with Crippen LogP contribution in [0.15, 0.2) is 36.5 Å². The largest absolute Gasteiger partial charge is 0.478 e. The smallest absolute Gasteiger partial charge is 0.335 e. The van der Waals surface area contributed by atoms with Crippen LogP contribution in [0.1, 0.15) is 47.6 Å². The zero-order valence-electron chi connectivity index (χ0n) is 12.7. The summed E-state index contributed by atoms with van der Waals surface area (Å²) in [5, 5.41) is 16.3. The number of aromatic carboxylic acids is 1. The summed E-state index contributed by atoms with van der Waals surface area (Å²) in [6.45, 7) is 0. The lowest BCUT2D eigenvalue weighted by Gasteiger charge is -2.15. The third kappa shape index (κ3) is 3.41. The summed E-state index contributed by atoms with van der Waals surface area (Å²) in [4.78, 5) is 23.5. The number of benzene rings is 1. The monoisotopic (exact) mass is 313 g/mol. The Kier molecular flexibility index (Phi) is 4.41. The molecule has 0 saturated heterocycles. The minimum absolute atomic E-state index is 0.0261. The standard InChI is InChI=1S/C17H19N3O3/c21-16(11-12-5-1-4-8-14(12)17(22)23)19-15-9-10-18-20(15)13-6-2-3-7-13/h1,4-5,8-10,13H,2-3,6-7,11H2,(H,19,21)(H,22,23). The van der Waals surface area contributed by atoms with Crippen LogP contribution in [-0.4, -0.2) is 26.8 Å². The number of anilines is 1. The van der Waals surface area contributed by atoms with E-state index >= 15 is 0 Å². The van der Waals surface area contributed by atoms with Crippen LogP contribution in [0.4, 0.5) is 5.82 Å². The minimum atomic E-state index is -1.02. The summed E-state index contributed by atoms with van der Waals surface area (Å²) < 4.78 is 1.87. The van der Waals surface area contributed by atoms with Gasteiger partial charge in [-0.25, -0.2) is 9.48 Å². The Morgan fingerprint density at radius 3 is 2.70 bits per heavy atom. The van der Waals surface area contributed by atoms with Crippen molar-refractivity contribution in [3.8, 4) is 0 Å². The topological polar surface area (TPSA) is 84.2 Å². The van der Waals surface area contributed by atoms with E-state index in [0.717, 1.165) is 12.8 Å². The number of hydrogen-bond acceptors (Lipinski definition) is 3. The molecule has 1 aliphatic carbocycles. The zero-order chi connectivity index (χ0) is 16.2. The van der Waals surface area contributed by atoms with Crippen molar-refractivity contribution in [2.24, 2.45) is 0 Å². The number of carbonyl (C=O) groups excluding carboxylic acids is 1. The van der Waals surface area contributed by atoms with Gasteiger partial charge in [0.1, 0.15) is 5.82 Å².